The lowest BCUT2D eigenvalue weighted by Crippen LogP contribution is -2.51. The maximum absolute atomic E-state index is 12.4. The summed E-state index contributed by atoms with van der Waals surface area (Å²) < 4.78 is 6.17. The molecule has 1 fully saturated rings. The van der Waals surface area contributed by atoms with E-state index in [0.717, 1.165) is 19.3 Å². The number of Topliss-reactive ketones (excluding diaryl/α,β-unsaturated/α-hetero) is 1. The van der Waals surface area contributed by atoms with Crippen molar-refractivity contribution in [1.82, 2.24) is 0 Å². The second-order valence-electron chi connectivity index (χ2n) is 7.03. The van der Waals surface area contributed by atoms with Gasteiger partial charge < -0.3 is 9.53 Å². The van der Waals surface area contributed by atoms with Crippen LogP contribution in [-0.2, 0) is 4.43 Å². The van der Waals surface area contributed by atoms with Crippen LogP contribution in [0.1, 0.15) is 42.5 Å². The quantitative estimate of drug-likeness (QED) is 0.665. The van der Waals surface area contributed by atoms with E-state index in [2.05, 4.69) is 19.6 Å². The SMILES string of the molecule is C[Si](C)(C)OC1CCCCC1(O)CC(=O)c1ccccc1. The van der Waals surface area contributed by atoms with Crippen LogP contribution in [0.15, 0.2) is 30.3 Å². The molecule has 2 rings (SSSR count). The molecular formula is C17H26O3Si. The third kappa shape index (κ3) is 4.50. The molecule has 1 aliphatic rings. The third-order valence-electron chi connectivity index (χ3n) is 3.98. The van der Waals surface area contributed by atoms with Crippen LogP contribution in [0.3, 0.4) is 0 Å². The highest BCUT2D eigenvalue weighted by Crippen LogP contribution is 2.36. The first-order valence-electron chi connectivity index (χ1n) is 7.79. The van der Waals surface area contributed by atoms with Crippen molar-refractivity contribution in [2.24, 2.45) is 0 Å². The van der Waals surface area contributed by atoms with Gasteiger partial charge in [-0.25, -0.2) is 0 Å². The highest BCUT2D eigenvalue weighted by Gasteiger charge is 2.43. The normalized spacial score (nSPS) is 26.6. The summed E-state index contributed by atoms with van der Waals surface area (Å²) in [5, 5.41) is 11.0. The smallest absolute Gasteiger partial charge is 0.184 e. The lowest BCUT2D eigenvalue weighted by atomic mass is 9.78. The predicted octanol–water partition coefficient (Wildman–Crippen LogP) is 3.78. The number of hydrogen-bond acceptors (Lipinski definition) is 3. The lowest BCUT2D eigenvalue weighted by molar-refractivity contribution is -0.0896. The molecule has 116 valence electrons. The van der Waals surface area contributed by atoms with Gasteiger partial charge in [-0.1, -0.05) is 43.2 Å². The second-order valence-corrected chi connectivity index (χ2v) is 11.5. The molecule has 0 aromatic heterocycles. The molecule has 0 radical (unpaired) electrons. The first kappa shape index (κ1) is 16.4. The van der Waals surface area contributed by atoms with E-state index in [0.29, 0.717) is 12.0 Å². The van der Waals surface area contributed by atoms with E-state index in [9.17, 15) is 9.90 Å². The maximum Gasteiger partial charge on any atom is 0.184 e. The first-order chi connectivity index (χ1) is 9.80. The minimum atomic E-state index is -1.74. The Bertz CT molecular complexity index is 481. The van der Waals surface area contributed by atoms with Gasteiger partial charge in [-0.15, -0.1) is 0 Å². The van der Waals surface area contributed by atoms with E-state index >= 15 is 0 Å². The van der Waals surface area contributed by atoms with Gasteiger partial charge in [0.2, 0.25) is 0 Å². The third-order valence-corrected chi connectivity index (χ3v) is 4.98. The number of carbonyl (C=O) groups excluding carboxylic acids is 1. The van der Waals surface area contributed by atoms with Crippen LogP contribution < -0.4 is 0 Å². The summed E-state index contributed by atoms with van der Waals surface area (Å²) in [5.74, 6) is 0.00387. The molecule has 0 saturated heterocycles. The summed E-state index contributed by atoms with van der Waals surface area (Å²) in [6.07, 6.45) is 3.49. The minimum absolute atomic E-state index is 0.00387. The molecule has 4 heteroatoms. The Morgan fingerprint density at radius 1 is 1.29 bits per heavy atom. The molecule has 0 spiro atoms. The van der Waals surface area contributed by atoms with Crippen molar-refractivity contribution < 1.29 is 14.3 Å². The minimum Gasteiger partial charge on any atom is -0.412 e. The predicted molar refractivity (Wildman–Crippen MR) is 87.0 cm³/mol. The van der Waals surface area contributed by atoms with E-state index in [-0.39, 0.29) is 18.3 Å². The highest BCUT2D eigenvalue weighted by molar-refractivity contribution is 6.69. The average Bonchev–Trinajstić information content (AvgIpc) is 2.41. The molecule has 3 nitrogen and oxygen atoms in total. The molecule has 1 aromatic rings. The van der Waals surface area contributed by atoms with Gasteiger partial charge in [-0.3, -0.25) is 4.79 Å². The Labute approximate surface area is 128 Å². The molecule has 1 aliphatic carbocycles. The average molecular weight is 306 g/mol. The van der Waals surface area contributed by atoms with Crippen LogP contribution in [-0.4, -0.2) is 30.9 Å². The summed E-state index contributed by atoms with van der Waals surface area (Å²) >= 11 is 0. The van der Waals surface area contributed by atoms with E-state index < -0.39 is 13.9 Å². The number of hydrogen-bond donors (Lipinski definition) is 1. The molecule has 0 heterocycles. The summed E-state index contributed by atoms with van der Waals surface area (Å²) in [6, 6.07) is 9.22. The fourth-order valence-corrected chi connectivity index (χ4v) is 4.18. The Kier molecular flexibility index (Phi) is 5.02. The standard InChI is InChI=1S/C17H26O3Si/c1-21(2,3)20-16-11-7-8-12-17(16,19)13-15(18)14-9-5-4-6-10-14/h4-6,9-10,16,19H,7-8,11-13H2,1-3H3. The first-order valence-corrected chi connectivity index (χ1v) is 11.2. The fourth-order valence-electron chi connectivity index (χ4n) is 2.99. The van der Waals surface area contributed by atoms with Crippen LogP contribution in [0.25, 0.3) is 0 Å². The van der Waals surface area contributed by atoms with E-state index in [1.54, 1.807) is 0 Å². The fraction of sp³-hybridized carbons (Fsp3) is 0.588. The van der Waals surface area contributed by atoms with Crippen LogP contribution in [0.5, 0.6) is 0 Å². The second kappa shape index (κ2) is 6.42. The Morgan fingerprint density at radius 3 is 2.57 bits per heavy atom. The zero-order valence-electron chi connectivity index (χ0n) is 13.3. The largest absolute Gasteiger partial charge is 0.412 e. The van der Waals surface area contributed by atoms with Gasteiger partial charge in [-0.05, 0) is 32.5 Å². The van der Waals surface area contributed by atoms with Crippen molar-refractivity contribution in [3.8, 4) is 0 Å². The zero-order chi connectivity index (χ0) is 15.5. The van der Waals surface area contributed by atoms with Gasteiger partial charge in [0.1, 0.15) is 0 Å². The van der Waals surface area contributed by atoms with E-state index in [1.807, 2.05) is 30.3 Å². The van der Waals surface area contributed by atoms with Crippen molar-refractivity contribution in [3.05, 3.63) is 35.9 Å². The van der Waals surface area contributed by atoms with Gasteiger partial charge in [0.15, 0.2) is 14.1 Å². The number of aliphatic hydroxyl groups is 1. The molecule has 1 saturated carbocycles. The highest BCUT2D eigenvalue weighted by atomic mass is 28.4. The lowest BCUT2D eigenvalue weighted by Gasteiger charge is -2.42. The number of benzene rings is 1. The molecule has 2 unspecified atom stereocenters. The summed E-state index contributed by atoms with van der Waals surface area (Å²) in [4.78, 5) is 12.4. The molecule has 2 atom stereocenters. The molecule has 1 aromatic carbocycles. The van der Waals surface area contributed by atoms with Crippen molar-refractivity contribution in [1.29, 1.82) is 0 Å². The maximum atomic E-state index is 12.4. The number of ketones is 1. The van der Waals surface area contributed by atoms with Crippen molar-refractivity contribution in [2.45, 2.75) is 63.5 Å². The number of carbonyl (C=O) groups is 1. The summed E-state index contributed by atoms with van der Waals surface area (Å²) in [5.41, 5.74) is -0.339. The van der Waals surface area contributed by atoms with Crippen molar-refractivity contribution >= 4 is 14.1 Å². The molecule has 21 heavy (non-hydrogen) atoms. The van der Waals surface area contributed by atoms with Crippen molar-refractivity contribution in [2.75, 3.05) is 0 Å². The summed E-state index contributed by atoms with van der Waals surface area (Å²) in [6.45, 7) is 6.38. The van der Waals surface area contributed by atoms with Gasteiger partial charge in [0, 0.05) is 12.0 Å². The molecule has 0 amide bonds. The van der Waals surface area contributed by atoms with Crippen LogP contribution in [0.2, 0.25) is 19.6 Å². The van der Waals surface area contributed by atoms with Crippen LogP contribution in [0, 0.1) is 0 Å². The monoisotopic (exact) mass is 306 g/mol. The molecule has 1 N–H and O–H groups in total. The summed E-state index contributed by atoms with van der Waals surface area (Å²) in [7, 11) is -1.74. The Morgan fingerprint density at radius 2 is 1.95 bits per heavy atom. The Balaban J connectivity index is 2.12. The van der Waals surface area contributed by atoms with Crippen LogP contribution in [0.4, 0.5) is 0 Å². The van der Waals surface area contributed by atoms with E-state index in [1.165, 1.54) is 0 Å². The molecule has 0 bridgehead atoms. The molecular weight excluding hydrogens is 280 g/mol. The molecule has 0 aliphatic heterocycles. The van der Waals surface area contributed by atoms with Gasteiger partial charge in [-0.2, -0.15) is 0 Å². The Hall–Kier alpha value is -0.973. The van der Waals surface area contributed by atoms with Gasteiger partial charge in [0.25, 0.3) is 0 Å². The van der Waals surface area contributed by atoms with Gasteiger partial charge in [0.05, 0.1) is 11.7 Å². The number of rotatable bonds is 5. The van der Waals surface area contributed by atoms with Crippen molar-refractivity contribution in [3.63, 3.8) is 0 Å². The zero-order valence-corrected chi connectivity index (χ0v) is 14.3. The van der Waals surface area contributed by atoms with E-state index in [4.69, 9.17) is 4.43 Å². The topological polar surface area (TPSA) is 46.5 Å². The van der Waals surface area contributed by atoms with Gasteiger partial charge >= 0.3 is 0 Å². The van der Waals surface area contributed by atoms with Crippen LogP contribution >= 0.6 is 0 Å².